The molecule has 0 spiro atoms. The third kappa shape index (κ3) is 8.85. The number of halogens is 1. The normalized spacial score (nSPS) is 18.1. The van der Waals surface area contributed by atoms with Crippen LogP contribution < -0.4 is 16.4 Å². The molecule has 1 aliphatic heterocycles. The van der Waals surface area contributed by atoms with Gasteiger partial charge in [0.05, 0.1) is 8.80 Å². The van der Waals surface area contributed by atoms with Gasteiger partial charge in [0.1, 0.15) is 0 Å². The number of carbonyl (C=O) groups excluding carboxylic acids is 1. The molecular weight excluding hydrogens is 384 g/mol. The Morgan fingerprint density at radius 1 is 1.26 bits per heavy atom. The molecule has 152 valence electrons. The lowest BCUT2D eigenvalue weighted by molar-refractivity contribution is -0.121. The molecule has 1 amide bonds. The van der Waals surface area contributed by atoms with Crippen molar-refractivity contribution in [3.63, 3.8) is 0 Å². The Morgan fingerprint density at radius 3 is 2.85 bits per heavy atom. The van der Waals surface area contributed by atoms with Gasteiger partial charge in [0.15, 0.2) is 0 Å². The van der Waals surface area contributed by atoms with E-state index < -0.39 is 8.80 Å². The topological polar surface area (TPSA) is 115 Å². The first-order chi connectivity index (χ1) is 13.0. The van der Waals surface area contributed by atoms with Crippen molar-refractivity contribution >= 4 is 38.2 Å². The average Bonchev–Trinajstić information content (AvgIpc) is 2.64. The Bertz CT molecular complexity index is 568. The number of rotatable bonds is 11. The minimum Gasteiger partial charge on any atom is -0.382 e. The van der Waals surface area contributed by atoms with E-state index in [9.17, 15) is 4.79 Å². The molecule has 4 N–H and O–H groups in total. The molecule has 0 aliphatic carbocycles. The minimum atomic E-state index is -0.832. The molecule has 1 aromatic heterocycles. The van der Waals surface area contributed by atoms with Gasteiger partial charge in [-0.15, -0.1) is 0 Å². The quantitative estimate of drug-likeness (QED) is 0.375. The first-order valence-corrected chi connectivity index (χ1v) is 12.9. The maximum Gasteiger partial charge on any atom is 0.228 e. The zero-order valence-corrected chi connectivity index (χ0v) is 18.0. The van der Waals surface area contributed by atoms with E-state index in [1.165, 1.54) is 25.3 Å². The number of hydrogen-bond acceptors (Lipinski definition) is 7. The second kappa shape index (κ2) is 12.1. The third-order valence-corrected chi connectivity index (χ3v) is 8.03. The number of anilines is 2. The van der Waals surface area contributed by atoms with Crippen LogP contribution in [0.25, 0.3) is 0 Å². The predicted molar refractivity (Wildman–Crippen MR) is 111 cm³/mol. The van der Waals surface area contributed by atoms with E-state index in [1.54, 1.807) is 0 Å². The Balaban J connectivity index is 1.47. The molecule has 2 heterocycles. The number of nitrogens with one attached hydrogen (secondary N) is 2. The van der Waals surface area contributed by atoms with E-state index in [2.05, 4.69) is 32.1 Å². The van der Waals surface area contributed by atoms with Crippen molar-refractivity contribution in [2.24, 2.45) is 0 Å². The highest BCUT2D eigenvalue weighted by molar-refractivity contribution is 6.58. The second-order valence-corrected chi connectivity index (χ2v) is 10.7. The van der Waals surface area contributed by atoms with E-state index in [0.717, 1.165) is 32.4 Å². The highest BCUT2D eigenvalue weighted by Crippen LogP contribution is 2.17. The number of nitrogen functional groups attached to an aromatic ring is 1. The van der Waals surface area contributed by atoms with Gasteiger partial charge < -0.3 is 21.1 Å². The fourth-order valence-corrected chi connectivity index (χ4v) is 5.85. The highest BCUT2D eigenvalue weighted by Gasteiger charge is 2.21. The van der Waals surface area contributed by atoms with Gasteiger partial charge in [-0.2, -0.15) is 15.0 Å². The predicted octanol–water partition coefficient (Wildman–Crippen LogP) is 2.16. The molecule has 1 saturated heterocycles. The molecule has 0 saturated carbocycles. The van der Waals surface area contributed by atoms with Crippen molar-refractivity contribution in [1.29, 1.82) is 0 Å². The zero-order valence-electron chi connectivity index (χ0n) is 16.0. The van der Waals surface area contributed by atoms with Crippen LogP contribution in [-0.2, 0) is 9.53 Å². The van der Waals surface area contributed by atoms with Crippen LogP contribution in [0.4, 0.5) is 11.9 Å². The Labute approximate surface area is 167 Å². The average molecular weight is 415 g/mol. The zero-order chi connectivity index (χ0) is 19.5. The summed E-state index contributed by atoms with van der Waals surface area (Å²) in [6, 6.07) is 1.23. The number of hydrogen-bond donors (Lipinski definition) is 3. The summed E-state index contributed by atoms with van der Waals surface area (Å²) < 4.78 is 5.88. The fourth-order valence-electron chi connectivity index (χ4n) is 3.20. The SMILES string of the molecule is C[SiH](CCCNC(=O)CCCCNc1nc(N)nc(Cl)n1)C1CCCCO1. The smallest absolute Gasteiger partial charge is 0.228 e. The molecule has 1 fully saturated rings. The molecule has 1 aliphatic rings. The summed E-state index contributed by atoms with van der Waals surface area (Å²) in [4.78, 5) is 23.5. The van der Waals surface area contributed by atoms with Crippen LogP contribution in [0.3, 0.4) is 0 Å². The summed E-state index contributed by atoms with van der Waals surface area (Å²) in [5.41, 5.74) is 6.04. The number of carbonyl (C=O) groups is 1. The molecule has 10 heteroatoms. The Kier molecular flexibility index (Phi) is 9.78. The minimum absolute atomic E-state index is 0.0665. The van der Waals surface area contributed by atoms with Gasteiger partial charge in [0, 0.05) is 31.8 Å². The Morgan fingerprint density at radius 2 is 2.11 bits per heavy atom. The van der Waals surface area contributed by atoms with Crippen LogP contribution in [0.15, 0.2) is 0 Å². The Hall–Kier alpha value is -1.45. The van der Waals surface area contributed by atoms with Gasteiger partial charge >= 0.3 is 0 Å². The summed E-state index contributed by atoms with van der Waals surface area (Å²) in [6.07, 6.45) is 6.97. The van der Waals surface area contributed by atoms with E-state index in [4.69, 9.17) is 22.1 Å². The van der Waals surface area contributed by atoms with Crippen LogP contribution in [0.2, 0.25) is 17.9 Å². The van der Waals surface area contributed by atoms with Gasteiger partial charge in [-0.25, -0.2) is 0 Å². The maximum atomic E-state index is 11.9. The van der Waals surface area contributed by atoms with Gasteiger partial charge in [-0.1, -0.05) is 12.6 Å². The molecule has 1 aromatic rings. The summed E-state index contributed by atoms with van der Waals surface area (Å²) >= 11 is 5.72. The molecule has 2 rings (SSSR count). The van der Waals surface area contributed by atoms with Crippen molar-refractivity contribution in [2.75, 3.05) is 30.7 Å². The van der Waals surface area contributed by atoms with Crippen molar-refractivity contribution in [3.8, 4) is 0 Å². The van der Waals surface area contributed by atoms with Crippen LogP contribution in [0, 0.1) is 0 Å². The molecular formula is C17H31ClN6O2Si. The second-order valence-electron chi connectivity index (χ2n) is 7.04. The van der Waals surface area contributed by atoms with Crippen LogP contribution in [0.1, 0.15) is 44.9 Å². The monoisotopic (exact) mass is 414 g/mol. The molecule has 2 atom stereocenters. The van der Waals surface area contributed by atoms with E-state index >= 15 is 0 Å². The van der Waals surface area contributed by atoms with E-state index in [-0.39, 0.29) is 17.1 Å². The molecule has 8 nitrogen and oxygen atoms in total. The van der Waals surface area contributed by atoms with Crippen LogP contribution in [0.5, 0.6) is 0 Å². The molecule has 0 radical (unpaired) electrons. The molecule has 0 bridgehead atoms. The largest absolute Gasteiger partial charge is 0.382 e. The van der Waals surface area contributed by atoms with Crippen LogP contribution in [-0.4, -0.2) is 55.1 Å². The van der Waals surface area contributed by atoms with Crippen molar-refractivity contribution in [1.82, 2.24) is 20.3 Å². The lowest BCUT2D eigenvalue weighted by Gasteiger charge is -2.27. The standard InChI is InChI=1S/C17H31ClN6O2Si/c1-27(14-8-3-5-11-26-14)12-6-10-20-13(25)7-2-4-9-21-17-23-15(18)22-16(19)24-17/h14,27H,2-12H2,1H3,(H,20,25)(H3,19,21,22,23,24). The summed E-state index contributed by atoms with van der Waals surface area (Å²) in [5.74, 6) is 0.562. The van der Waals surface area contributed by atoms with Crippen molar-refractivity contribution < 1.29 is 9.53 Å². The molecule has 2 unspecified atom stereocenters. The van der Waals surface area contributed by atoms with E-state index in [1.807, 2.05) is 0 Å². The van der Waals surface area contributed by atoms with Gasteiger partial charge in [-0.3, -0.25) is 4.79 Å². The lowest BCUT2D eigenvalue weighted by atomic mass is 10.2. The number of amides is 1. The maximum absolute atomic E-state index is 11.9. The molecule has 27 heavy (non-hydrogen) atoms. The third-order valence-electron chi connectivity index (χ3n) is 4.75. The van der Waals surface area contributed by atoms with Gasteiger partial charge in [0.2, 0.25) is 23.1 Å². The van der Waals surface area contributed by atoms with Gasteiger partial charge in [-0.05, 0) is 50.1 Å². The number of nitrogens with zero attached hydrogens (tertiary/aromatic N) is 3. The fraction of sp³-hybridized carbons (Fsp3) is 0.765. The first-order valence-electron chi connectivity index (χ1n) is 9.84. The lowest BCUT2D eigenvalue weighted by Crippen LogP contribution is -2.34. The number of ether oxygens (including phenoxy) is 1. The van der Waals surface area contributed by atoms with Crippen LogP contribution >= 0.6 is 11.6 Å². The summed E-state index contributed by atoms with van der Waals surface area (Å²) in [6.45, 7) is 4.74. The number of unbranched alkanes of at least 4 members (excludes halogenated alkanes) is 1. The number of aromatic nitrogens is 3. The van der Waals surface area contributed by atoms with Gasteiger partial charge in [0.25, 0.3) is 0 Å². The molecule has 0 aromatic carbocycles. The summed E-state index contributed by atoms with van der Waals surface area (Å²) in [5, 5.41) is 6.12. The highest BCUT2D eigenvalue weighted by atomic mass is 35.5. The van der Waals surface area contributed by atoms with Crippen molar-refractivity contribution in [2.45, 2.75) is 63.3 Å². The number of nitrogens with two attached hydrogens (primary N) is 1. The van der Waals surface area contributed by atoms with E-state index in [0.29, 0.717) is 24.6 Å². The summed E-state index contributed by atoms with van der Waals surface area (Å²) in [7, 11) is -0.832. The van der Waals surface area contributed by atoms with Crippen molar-refractivity contribution in [3.05, 3.63) is 5.28 Å². The first kappa shape index (κ1) is 21.8.